The summed E-state index contributed by atoms with van der Waals surface area (Å²) in [6, 6.07) is 9.50. The van der Waals surface area contributed by atoms with Gasteiger partial charge in [-0.05, 0) is 37.6 Å². The first-order valence-corrected chi connectivity index (χ1v) is 10.1. The van der Waals surface area contributed by atoms with Gasteiger partial charge in [0.2, 0.25) is 0 Å². The van der Waals surface area contributed by atoms with Gasteiger partial charge in [0.15, 0.2) is 0 Å². The van der Waals surface area contributed by atoms with Gasteiger partial charge in [-0.1, -0.05) is 17.7 Å². The second kappa shape index (κ2) is 9.30. The molecule has 1 aromatic heterocycles. The molecule has 0 saturated carbocycles. The zero-order valence-electron chi connectivity index (χ0n) is 16.5. The molecular weight excluding hydrogens is 378 g/mol. The van der Waals surface area contributed by atoms with Crippen LogP contribution in [0.1, 0.15) is 12.8 Å². The lowest BCUT2D eigenvalue weighted by molar-refractivity contribution is 0.254. The Morgan fingerprint density at radius 1 is 1.00 bits per heavy atom. The van der Waals surface area contributed by atoms with Crippen molar-refractivity contribution in [1.82, 2.24) is 14.0 Å². The molecule has 0 unspecified atom stereocenters. The summed E-state index contributed by atoms with van der Waals surface area (Å²) in [5.41, 5.74) is 0.590. The van der Waals surface area contributed by atoms with Crippen LogP contribution in [0.4, 0.5) is 11.5 Å². The summed E-state index contributed by atoms with van der Waals surface area (Å²) < 4.78 is 2.57. The van der Waals surface area contributed by atoms with Gasteiger partial charge in [-0.25, -0.2) is 4.79 Å². The fourth-order valence-electron chi connectivity index (χ4n) is 3.48. The first kappa shape index (κ1) is 20.5. The molecule has 0 bridgehead atoms. The smallest absolute Gasteiger partial charge is 0.332 e. The topological polar surface area (TPSA) is 62.5 Å². The lowest BCUT2D eigenvalue weighted by Gasteiger charge is -2.36. The van der Waals surface area contributed by atoms with Gasteiger partial charge < -0.3 is 10.2 Å². The fourth-order valence-corrected chi connectivity index (χ4v) is 3.67. The minimum Gasteiger partial charge on any atom is -0.371 e. The van der Waals surface area contributed by atoms with E-state index < -0.39 is 0 Å². The van der Waals surface area contributed by atoms with E-state index in [0.29, 0.717) is 5.82 Å². The number of hydrogen-bond acceptors (Lipinski definition) is 5. The van der Waals surface area contributed by atoms with Crippen LogP contribution in [0.5, 0.6) is 0 Å². The Morgan fingerprint density at radius 2 is 1.75 bits per heavy atom. The predicted molar refractivity (Wildman–Crippen MR) is 115 cm³/mol. The van der Waals surface area contributed by atoms with Crippen molar-refractivity contribution >= 4 is 23.1 Å². The van der Waals surface area contributed by atoms with Crippen molar-refractivity contribution < 1.29 is 0 Å². The van der Waals surface area contributed by atoms with Crippen LogP contribution in [0.15, 0.2) is 39.9 Å². The largest absolute Gasteiger partial charge is 0.371 e. The van der Waals surface area contributed by atoms with Gasteiger partial charge in [0.1, 0.15) is 5.82 Å². The van der Waals surface area contributed by atoms with E-state index in [1.165, 1.54) is 23.4 Å². The Hall–Kier alpha value is -2.25. The molecule has 8 heteroatoms. The fraction of sp³-hybridized carbons (Fsp3) is 0.500. The molecule has 1 fully saturated rings. The SMILES string of the molecule is Cn1c(NCCCCN2CCN(c3cccc(Cl)c3)CC2)cc(=O)n(C)c1=O. The lowest BCUT2D eigenvalue weighted by Crippen LogP contribution is -2.46. The number of unbranched alkanes of at least 4 members (excludes halogenated alkanes) is 1. The number of hydrogen-bond donors (Lipinski definition) is 1. The first-order valence-electron chi connectivity index (χ1n) is 9.69. The molecule has 0 spiro atoms. The van der Waals surface area contributed by atoms with Crippen molar-refractivity contribution in [2.45, 2.75) is 12.8 Å². The van der Waals surface area contributed by atoms with Crippen LogP contribution in [0.2, 0.25) is 5.02 Å². The monoisotopic (exact) mass is 405 g/mol. The summed E-state index contributed by atoms with van der Waals surface area (Å²) in [6.07, 6.45) is 2.06. The van der Waals surface area contributed by atoms with E-state index >= 15 is 0 Å². The molecule has 0 atom stereocenters. The standard InChI is InChI=1S/C20H28ClN5O2/c1-23-18(15-19(27)24(2)20(23)28)22-8-3-4-9-25-10-12-26(13-11-25)17-7-5-6-16(21)14-17/h5-7,14-15,22H,3-4,8-13H2,1-2H3. The first-order chi connectivity index (χ1) is 13.5. The molecule has 7 nitrogen and oxygen atoms in total. The van der Waals surface area contributed by atoms with E-state index in [0.717, 1.165) is 61.7 Å². The van der Waals surface area contributed by atoms with Crippen LogP contribution >= 0.6 is 11.6 Å². The van der Waals surface area contributed by atoms with Crippen LogP contribution in [0.3, 0.4) is 0 Å². The summed E-state index contributed by atoms with van der Waals surface area (Å²) in [4.78, 5) is 28.5. The van der Waals surface area contributed by atoms with Gasteiger partial charge in [-0.15, -0.1) is 0 Å². The van der Waals surface area contributed by atoms with Gasteiger partial charge in [0.25, 0.3) is 5.56 Å². The second-order valence-corrected chi connectivity index (χ2v) is 7.65. The zero-order valence-corrected chi connectivity index (χ0v) is 17.3. The van der Waals surface area contributed by atoms with Gasteiger partial charge in [0.05, 0.1) is 0 Å². The highest BCUT2D eigenvalue weighted by Gasteiger charge is 2.16. The zero-order chi connectivity index (χ0) is 20.1. The Bertz CT molecular complexity index is 916. The molecule has 2 aromatic rings. The van der Waals surface area contributed by atoms with Crippen molar-refractivity contribution in [1.29, 1.82) is 0 Å². The molecule has 1 N–H and O–H groups in total. The molecule has 0 radical (unpaired) electrons. The predicted octanol–water partition coefficient (Wildman–Crippen LogP) is 1.75. The van der Waals surface area contributed by atoms with E-state index in [1.807, 2.05) is 18.2 Å². The third-order valence-electron chi connectivity index (χ3n) is 5.28. The number of halogens is 1. The number of rotatable bonds is 7. The van der Waals surface area contributed by atoms with Gasteiger partial charge >= 0.3 is 5.69 Å². The Kier molecular flexibility index (Phi) is 6.80. The van der Waals surface area contributed by atoms with Crippen molar-refractivity contribution in [2.24, 2.45) is 14.1 Å². The molecule has 28 heavy (non-hydrogen) atoms. The number of anilines is 2. The average Bonchev–Trinajstić information content (AvgIpc) is 2.70. The maximum atomic E-state index is 11.9. The van der Waals surface area contributed by atoms with E-state index in [-0.39, 0.29) is 11.2 Å². The van der Waals surface area contributed by atoms with Gasteiger partial charge in [-0.3, -0.25) is 18.8 Å². The molecule has 1 saturated heterocycles. The minimum atomic E-state index is -0.312. The quantitative estimate of drug-likeness (QED) is 0.711. The van der Waals surface area contributed by atoms with Crippen molar-refractivity contribution in [3.63, 3.8) is 0 Å². The Morgan fingerprint density at radius 3 is 2.46 bits per heavy atom. The van der Waals surface area contributed by atoms with Gasteiger partial charge in [-0.2, -0.15) is 0 Å². The highest BCUT2D eigenvalue weighted by molar-refractivity contribution is 6.30. The Balaban J connectivity index is 1.38. The summed E-state index contributed by atoms with van der Waals surface area (Å²) in [5.74, 6) is 0.572. The van der Waals surface area contributed by atoms with Crippen LogP contribution < -0.4 is 21.5 Å². The maximum Gasteiger partial charge on any atom is 0.332 e. The number of nitrogens with one attached hydrogen (secondary N) is 1. The van der Waals surface area contributed by atoms with Gasteiger partial charge in [0, 0.05) is 63.6 Å². The van der Waals surface area contributed by atoms with Crippen LogP contribution in [0.25, 0.3) is 0 Å². The van der Waals surface area contributed by atoms with Crippen molar-refractivity contribution in [3.05, 3.63) is 56.2 Å². The highest BCUT2D eigenvalue weighted by atomic mass is 35.5. The number of nitrogens with zero attached hydrogens (tertiary/aromatic N) is 4. The van der Waals surface area contributed by atoms with Crippen molar-refractivity contribution in [3.8, 4) is 0 Å². The third-order valence-corrected chi connectivity index (χ3v) is 5.51. The van der Waals surface area contributed by atoms with Crippen molar-refractivity contribution in [2.75, 3.05) is 49.5 Å². The minimum absolute atomic E-state index is 0.289. The summed E-state index contributed by atoms with van der Waals surface area (Å²) in [5, 5.41) is 3.98. The van der Waals surface area contributed by atoms with E-state index in [2.05, 4.69) is 21.2 Å². The molecule has 0 aliphatic carbocycles. The molecule has 3 rings (SSSR count). The average molecular weight is 406 g/mol. The molecule has 1 aliphatic rings. The Labute approximate surface area is 170 Å². The number of aromatic nitrogens is 2. The molecule has 152 valence electrons. The molecular formula is C20H28ClN5O2. The normalized spacial score (nSPS) is 15.0. The number of piperazine rings is 1. The second-order valence-electron chi connectivity index (χ2n) is 7.21. The van der Waals surface area contributed by atoms with E-state index in [4.69, 9.17) is 11.6 Å². The maximum absolute atomic E-state index is 11.9. The molecule has 1 aromatic carbocycles. The molecule has 0 amide bonds. The van der Waals surface area contributed by atoms with Crippen LogP contribution in [-0.2, 0) is 14.1 Å². The number of benzene rings is 1. The summed E-state index contributed by atoms with van der Waals surface area (Å²) in [6.45, 7) is 5.90. The van der Waals surface area contributed by atoms with E-state index in [1.54, 1.807) is 7.05 Å². The molecule has 1 aliphatic heterocycles. The third kappa shape index (κ3) is 4.97. The summed E-state index contributed by atoms with van der Waals surface area (Å²) in [7, 11) is 3.16. The summed E-state index contributed by atoms with van der Waals surface area (Å²) >= 11 is 6.09. The van der Waals surface area contributed by atoms with E-state index in [9.17, 15) is 9.59 Å². The highest BCUT2D eigenvalue weighted by Crippen LogP contribution is 2.20. The lowest BCUT2D eigenvalue weighted by atomic mass is 10.2. The van der Waals surface area contributed by atoms with Crippen LogP contribution in [-0.4, -0.2) is 53.3 Å². The molecule has 2 heterocycles. The van der Waals surface area contributed by atoms with Crippen LogP contribution in [0, 0.1) is 0 Å².